The molecule has 0 fully saturated rings. The third-order valence-electron chi connectivity index (χ3n) is 4.89. The van der Waals surface area contributed by atoms with Gasteiger partial charge in [-0.2, -0.15) is 9.67 Å². The smallest absolute Gasteiger partial charge is 0.281 e. The summed E-state index contributed by atoms with van der Waals surface area (Å²) in [6, 6.07) is 22.3. The van der Waals surface area contributed by atoms with E-state index in [0.717, 1.165) is 16.7 Å². The Labute approximate surface area is 196 Å². The number of carbonyl (C=O) groups excluding carboxylic acids is 1. The standard InChI is InChI=1S/C24H21Cl2N5O/c1-16-10-12-17(13-11-16)22(32)31-24(28-15-19-7-3-5-9-21(19)26)29-23(30-31)27-14-18-6-2-4-8-20(18)25/h2-13H,14-15H2,1H3,(H2,27,28,29,30). The zero-order valence-corrected chi connectivity index (χ0v) is 18.9. The second-order valence-electron chi connectivity index (χ2n) is 7.23. The largest absolute Gasteiger partial charge is 0.350 e. The molecule has 0 spiro atoms. The van der Waals surface area contributed by atoms with Crippen LogP contribution in [0.2, 0.25) is 10.0 Å². The zero-order valence-electron chi connectivity index (χ0n) is 17.3. The lowest BCUT2D eigenvalue weighted by atomic mass is 10.1. The van der Waals surface area contributed by atoms with Gasteiger partial charge in [-0.05, 0) is 42.3 Å². The van der Waals surface area contributed by atoms with Gasteiger partial charge in [0.1, 0.15) is 0 Å². The Balaban J connectivity index is 1.59. The topological polar surface area (TPSA) is 71.8 Å². The van der Waals surface area contributed by atoms with E-state index in [9.17, 15) is 4.79 Å². The molecule has 4 aromatic rings. The van der Waals surface area contributed by atoms with E-state index in [0.29, 0.717) is 40.6 Å². The first-order valence-electron chi connectivity index (χ1n) is 10.0. The first kappa shape index (κ1) is 21.9. The number of hydrogen-bond donors (Lipinski definition) is 2. The van der Waals surface area contributed by atoms with Crippen molar-refractivity contribution >= 4 is 41.0 Å². The second-order valence-corrected chi connectivity index (χ2v) is 8.05. The minimum atomic E-state index is -0.287. The molecule has 4 rings (SSSR count). The highest BCUT2D eigenvalue weighted by molar-refractivity contribution is 6.31. The highest BCUT2D eigenvalue weighted by Crippen LogP contribution is 2.20. The molecule has 0 saturated carbocycles. The van der Waals surface area contributed by atoms with Gasteiger partial charge in [0.05, 0.1) is 0 Å². The van der Waals surface area contributed by atoms with Gasteiger partial charge in [0.25, 0.3) is 5.91 Å². The summed E-state index contributed by atoms with van der Waals surface area (Å²) in [6.45, 7) is 2.78. The van der Waals surface area contributed by atoms with E-state index in [1.807, 2.05) is 67.6 Å². The second kappa shape index (κ2) is 9.85. The molecule has 0 unspecified atom stereocenters. The lowest BCUT2D eigenvalue weighted by Gasteiger charge is -2.08. The van der Waals surface area contributed by atoms with Crippen LogP contribution in [0.3, 0.4) is 0 Å². The Kier molecular flexibility index (Phi) is 6.73. The molecule has 6 nitrogen and oxygen atoms in total. The Morgan fingerprint density at radius 1 is 0.844 bits per heavy atom. The molecular weight excluding hydrogens is 445 g/mol. The monoisotopic (exact) mass is 465 g/mol. The first-order valence-corrected chi connectivity index (χ1v) is 10.8. The summed E-state index contributed by atoms with van der Waals surface area (Å²) in [5, 5.41) is 12.0. The maximum absolute atomic E-state index is 13.1. The van der Waals surface area contributed by atoms with E-state index in [4.69, 9.17) is 23.2 Å². The van der Waals surface area contributed by atoms with Gasteiger partial charge in [-0.1, -0.05) is 77.3 Å². The summed E-state index contributed by atoms with van der Waals surface area (Å²) in [7, 11) is 0. The van der Waals surface area contributed by atoms with Crippen LogP contribution in [0.15, 0.2) is 72.8 Å². The van der Waals surface area contributed by atoms with Crippen molar-refractivity contribution in [2.24, 2.45) is 0 Å². The molecule has 0 radical (unpaired) electrons. The van der Waals surface area contributed by atoms with Gasteiger partial charge in [-0.25, -0.2) is 0 Å². The number of benzene rings is 3. The van der Waals surface area contributed by atoms with Crippen molar-refractivity contribution in [1.29, 1.82) is 0 Å². The lowest BCUT2D eigenvalue weighted by Crippen LogP contribution is -2.17. The van der Waals surface area contributed by atoms with Gasteiger partial charge in [-0.3, -0.25) is 4.79 Å². The SMILES string of the molecule is Cc1ccc(C(=O)n2nc(NCc3ccccc3Cl)nc2NCc2ccccc2Cl)cc1. The van der Waals surface area contributed by atoms with Gasteiger partial charge in [0.15, 0.2) is 0 Å². The van der Waals surface area contributed by atoms with Crippen LogP contribution in [0.4, 0.5) is 11.9 Å². The van der Waals surface area contributed by atoms with Crippen molar-refractivity contribution in [3.63, 3.8) is 0 Å². The van der Waals surface area contributed by atoms with Crippen LogP contribution in [0.5, 0.6) is 0 Å². The number of nitrogens with one attached hydrogen (secondary N) is 2. The number of hydrogen-bond acceptors (Lipinski definition) is 5. The average molecular weight is 466 g/mol. The highest BCUT2D eigenvalue weighted by atomic mass is 35.5. The van der Waals surface area contributed by atoms with Crippen LogP contribution in [0.25, 0.3) is 0 Å². The summed E-state index contributed by atoms with van der Waals surface area (Å²) >= 11 is 12.5. The molecular formula is C24H21Cl2N5O. The van der Waals surface area contributed by atoms with Gasteiger partial charge < -0.3 is 10.6 Å². The van der Waals surface area contributed by atoms with Gasteiger partial charge in [-0.15, -0.1) is 5.10 Å². The van der Waals surface area contributed by atoms with E-state index in [1.165, 1.54) is 4.68 Å². The molecule has 8 heteroatoms. The van der Waals surface area contributed by atoms with E-state index >= 15 is 0 Å². The third-order valence-corrected chi connectivity index (χ3v) is 5.63. The Morgan fingerprint density at radius 3 is 2.00 bits per heavy atom. The molecule has 2 N–H and O–H groups in total. The molecule has 3 aromatic carbocycles. The van der Waals surface area contributed by atoms with Crippen molar-refractivity contribution in [3.05, 3.63) is 105 Å². The molecule has 1 aromatic heterocycles. The minimum Gasteiger partial charge on any atom is -0.350 e. The van der Waals surface area contributed by atoms with Crippen LogP contribution in [0.1, 0.15) is 27.0 Å². The molecule has 0 aliphatic heterocycles. The minimum absolute atomic E-state index is 0.287. The number of aryl methyl sites for hydroxylation is 1. The Hall–Kier alpha value is -3.35. The summed E-state index contributed by atoms with van der Waals surface area (Å²) in [6.07, 6.45) is 0. The normalized spacial score (nSPS) is 10.7. The van der Waals surface area contributed by atoms with Crippen LogP contribution < -0.4 is 10.6 Å². The number of carbonyl (C=O) groups is 1. The van der Waals surface area contributed by atoms with E-state index in [2.05, 4.69) is 20.7 Å². The summed E-state index contributed by atoms with van der Waals surface area (Å²) < 4.78 is 1.26. The summed E-state index contributed by atoms with van der Waals surface area (Å²) in [4.78, 5) is 17.6. The first-order chi connectivity index (χ1) is 15.5. The van der Waals surface area contributed by atoms with E-state index in [1.54, 1.807) is 12.1 Å². The number of nitrogens with zero attached hydrogens (tertiary/aromatic N) is 3. The molecule has 0 saturated heterocycles. The predicted molar refractivity (Wildman–Crippen MR) is 128 cm³/mol. The maximum atomic E-state index is 13.1. The maximum Gasteiger partial charge on any atom is 0.281 e. The predicted octanol–water partition coefficient (Wildman–Crippen LogP) is 5.81. The van der Waals surface area contributed by atoms with Gasteiger partial charge in [0, 0.05) is 28.7 Å². The van der Waals surface area contributed by atoms with Crippen LogP contribution in [0, 0.1) is 6.92 Å². The summed E-state index contributed by atoms with van der Waals surface area (Å²) in [5.74, 6) is 0.342. The van der Waals surface area contributed by atoms with Crippen molar-refractivity contribution in [2.75, 3.05) is 10.6 Å². The van der Waals surface area contributed by atoms with Crippen molar-refractivity contribution in [1.82, 2.24) is 14.8 Å². The fraction of sp³-hybridized carbons (Fsp3) is 0.125. The van der Waals surface area contributed by atoms with Crippen LogP contribution >= 0.6 is 23.2 Å². The molecule has 0 aliphatic carbocycles. The molecule has 0 bridgehead atoms. The molecule has 0 atom stereocenters. The van der Waals surface area contributed by atoms with E-state index in [-0.39, 0.29) is 5.91 Å². The number of halogens is 2. The number of anilines is 2. The molecule has 0 amide bonds. The van der Waals surface area contributed by atoms with E-state index < -0.39 is 0 Å². The molecule has 32 heavy (non-hydrogen) atoms. The fourth-order valence-electron chi connectivity index (χ4n) is 3.09. The van der Waals surface area contributed by atoms with Crippen molar-refractivity contribution in [2.45, 2.75) is 20.0 Å². The Bertz CT molecular complexity index is 1240. The highest BCUT2D eigenvalue weighted by Gasteiger charge is 2.18. The zero-order chi connectivity index (χ0) is 22.5. The third kappa shape index (κ3) is 5.10. The molecule has 162 valence electrons. The Morgan fingerprint density at radius 2 is 1.41 bits per heavy atom. The summed E-state index contributed by atoms with van der Waals surface area (Å²) in [5.41, 5.74) is 3.37. The van der Waals surface area contributed by atoms with Crippen molar-refractivity contribution in [3.8, 4) is 0 Å². The molecule has 0 aliphatic rings. The quantitative estimate of drug-likeness (QED) is 0.360. The van der Waals surface area contributed by atoms with Gasteiger partial charge >= 0.3 is 0 Å². The van der Waals surface area contributed by atoms with Crippen LogP contribution in [-0.2, 0) is 13.1 Å². The average Bonchev–Trinajstić information content (AvgIpc) is 3.21. The number of aromatic nitrogens is 3. The number of rotatable bonds is 7. The fourth-order valence-corrected chi connectivity index (χ4v) is 3.50. The lowest BCUT2D eigenvalue weighted by molar-refractivity contribution is 0.0947. The van der Waals surface area contributed by atoms with Gasteiger partial charge in [0.2, 0.25) is 11.9 Å². The van der Waals surface area contributed by atoms with Crippen LogP contribution in [-0.4, -0.2) is 20.7 Å². The van der Waals surface area contributed by atoms with Crippen molar-refractivity contribution < 1.29 is 4.79 Å². The molecule has 1 heterocycles.